The number of thiophene rings is 1. The number of hydrogen-bond acceptors (Lipinski definition) is 4. The number of anilines is 2. The van der Waals surface area contributed by atoms with E-state index in [1.807, 2.05) is 13.8 Å². The van der Waals surface area contributed by atoms with Crippen LogP contribution in [0.4, 0.5) is 10.7 Å². The van der Waals surface area contributed by atoms with E-state index >= 15 is 0 Å². The van der Waals surface area contributed by atoms with Crippen molar-refractivity contribution in [3.8, 4) is 0 Å². The second-order valence-electron chi connectivity index (χ2n) is 7.48. The van der Waals surface area contributed by atoms with E-state index in [1.165, 1.54) is 11.3 Å². The molecule has 160 valence electrons. The summed E-state index contributed by atoms with van der Waals surface area (Å²) in [7, 11) is 0. The molecule has 8 heteroatoms. The molecule has 2 amide bonds. The first kappa shape index (κ1) is 22.3. The monoisotopic (exact) mass is 448 g/mol. The van der Waals surface area contributed by atoms with Gasteiger partial charge in [-0.05, 0) is 56.0 Å². The summed E-state index contributed by atoms with van der Waals surface area (Å²) >= 11 is 7.25. The van der Waals surface area contributed by atoms with Gasteiger partial charge in [0.15, 0.2) is 0 Å². The fraction of sp³-hybridized carbons (Fsp3) is 0.409. The summed E-state index contributed by atoms with van der Waals surface area (Å²) in [6.45, 7) is 3.88. The molecular weight excluding hydrogens is 424 g/mol. The number of carbonyl (C=O) groups excluding carboxylic acids is 2. The lowest BCUT2D eigenvalue weighted by molar-refractivity contribution is -0.147. The van der Waals surface area contributed by atoms with Crippen LogP contribution in [0.3, 0.4) is 0 Å². The van der Waals surface area contributed by atoms with Crippen molar-refractivity contribution in [2.45, 2.75) is 46.0 Å². The van der Waals surface area contributed by atoms with Crippen LogP contribution in [-0.4, -0.2) is 22.9 Å². The van der Waals surface area contributed by atoms with Gasteiger partial charge in [-0.1, -0.05) is 31.4 Å². The molecule has 0 spiro atoms. The Morgan fingerprint density at radius 3 is 2.33 bits per heavy atom. The number of amides is 2. The second kappa shape index (κ2) is 9.62. The molecule has 6 nitrogen and oxygen atoms in total. The maximum Gasteiger partial charge on any atom is 0.307 e. The van der Waals surface area contributed by atoms with Gasteiger partial charge >= 0.3 is 5.97 Å². The van der Waals surface area contributed by atoms with E-state index in [0.717, 1.165) is 23.3 Å². The summed E-state index contributed by atoms with van der Waals surface area (Å²) in [6, 6.07) is 6.80. The molecule has 1 heterocycles. The van der Waals surface area contributed by atoms with Gasteiger partial charge in [-0.2, -0.15) is 0 Å². The van der Waals surface area contributed by atoms with Gasteiger partial charge in [-0.3, -0.25) is 14.4 Å². The molecule has 1 aliphatic rings. The highest BCUT2D eigenvalue weighted by Gasteiger charge is 2.36. The van der Waals surface area contributed by atoms with Crippen LogP contribution in [0.2, 0.25) is 5.02 Å². The zero-order chi connectivity index (χ0) is 21.8. The molecule has 0 aliphatic heterocycles. The van der Waals surface area contributed by atoms with E-state index < -0.39 is 17.8 Å². The number of aliphatic carboxylic acids is 1. The van der Waals surface area contributed by atoms with Crippen LogP contribution in [0.5, 0.6) is 0 Å². The highest BCUT2D eigenvalue weighted by atomic mass is 35.5. The summed E-state index contributed by atoms with van der Waals surface area (Å²) in [5, 5.41) is 16.3. The highest BCUT2D eigenvalue weighted by molar-refractivity contribution is 7.16. The Bertz CT molecular complexity index is 955. The Labute approximate surface area is 184 Å². The molecule has 1 fully saturated rings. The zero-order valence-electron chi connectivity index (χ0n) is 17.0. The van der Waals surface area contributed by atoms with Crippen molar-refractivity contribution >= 4 is 51.4 Å². The summed E-state index contributed by atoms with van der Waals surface area (Å²) in [6.07, 6.45) is 3.33. The molecule has 3 N–H and O–H groups in total. The van der Waals surface area contributed by atoms with Crippen LogP contribution in [0.25, 0.3) is 0 Å². The molecule has 2 aromatic rings. The summed E-state index contributed by atoms with van der Waals surface area (Å²) in [5.74, 6) is -2.85. The second-order valence-corrected chi connectivity index (χ2v) is 9.14. The number of aryl methyl sites for hydroxylation is 1. The van der Waals surface area contributed by atoms with Gasteiger partial charge in [0.1, 0.15) is 5.00 Å². The highest BCUT2D eigenvalue weighted by Crippen LogP contribution is 2.36. The minimum Gasteiger partial charge on any atom is -0.481 e. The Kier molecular flexibility index (Phi) is 7.15. The molecule has 30 heavy (non-hydrogen) atoms. The van der Waals surface area contributed by atoms with E-state index in [4.69, 9.17) is 11.6 Å². The van der Waals surface area contributed by atoms with Gasteiger partial charge in [0.2, 0.25) is 5.91 Å². The predicted octanol–water partition coefficient (Wildman–Crippen LogP) is 5.35. The number of nitrogens with one attached hydrogen (secondary N) is 2. The van der Waals surface area contributed by atoms with Gasteiger partial charge in [0.05, 0.1) is 17.4 Å². The molecule has 1 aromatic carbocycles. The van der Waals surface area contributed by atoms with Gasteiger partial charge in [-0.25, -0.2) is 0 Å². The summed E-state index contributed by atoms with van der Waals surface area (Å²) < 4.78 is 0. The third-order valence-corrected chi connectivity index (χ3v) is 6.86. The van der Waals surface area contributed by atoms with E-state index in [2.05, 4.69) is 10.6 Å². The first-order valence-corrected chi connectivity index (χ1v) is 11.2. The Morgan fingerprint density at radius 2 is 1.73 bits per heavy atom. The lowest BCUT2D eigenvalue weighted by Crippen LogP contribution is -2.36. The topological polar surface area (TPSA) is 95.5 Å². The molecule has 0 radical (unpaired) electrons. The van der Waals surface area contributed by atoms with Crippen LogP contribution in [-0.2, 0) is 16.0 Å². The molecular formula is C22H25ClN2O4S. The van der Waals surface area contributed by atoms with Crippen molar-refractivity contribution in [2.75, 3.05) is 10.6 Å². The number of benzene rings is 1. The molecule has 2 atom stereocenters. The molecule has 1 aromatic heterocycles. The number of carbonyl (C=O) groups is 3. The fourth-order valence-electron chi connectivity index (χ4n) is 4.00. The normalized spacial score (nSPS) is 18.6. The summed E-state index contributed by atoms with van der Waals surface area (Å²) in [4.78, 5) is 38.5. The number of carboxylic acid groups (broad SMARTS) is 1. The maximum atomic E-state index is 13.1. The zero-order valence-corrected chi connectivity index (χ0v) is 18.5. The first-order valence-electron chi connectivity index (χ1n) is 10.0. The van der Waals surface area contributed by atoms with Gasteiger partial charge in [-0.15, -0.1) is 11.3 Å². The number of halogens is 1. The summed E-state index contributed by atoms with van der Waals surface area (Å²) in [5.41, 5.74) is 1.91. The average Bonchev–Trinajstić information content (AvgIpc) is 3.04. The molecule has 3 rings (SSSR count). The van der Waals surface area contributed by atoms with Gasteiger partial charge in [0, 0.05) is 15.6 Å². The third-order valence-electron chi connectivity index (χ3n) is 5.55. The van der Waals surface area contributed by atoms with Crippen molar-refractivity contribution in [2.24, 2.45) is 11.8 Å². The van der Waals surface area contributed by atoms with Crippen LogP contribution in [0.1, 0.15) is 53.4 Å². The first-order chi connectivity index (χ1) is 14.3. The van der Waals surface area contributed by atoms with Crippen molar-refractivity contribution in [1.82, 2.24) is 0 Å². The predicted molar refractivity (Wildman–Crippen MR) is 120 cm³/mol. The Balaban J connectivity index is 1.86. The largest absolute Gasteiger partial charge is 0.481 e. The van der Waals surface area contributed by atoms with E-state index in [1.54, 1.807) is 24.3 Å². The minimum absolute atomic E-state index is 0.313. The smallest absolute Gasteiger partial charge is 0.307 e. The number of rotatable bonds is 6. The van der Waals surface area contributed by atoms with Gasteiger partial charge < -0.3 is 15.7 Å². The van der Waals surface area contributed by atoms with Crippen molar-refractivity contribution < 1.29 is 19.5 Å². The van der Waals surface area contributed by atoms with Crippen molar-refractivity contribution in [1.29, 1.82) is 0 Å². The number of carboxylic acids is 1. The third kappa shape index (κ3) is 4.84. The van der Waals surface area contributed by atoms with Crippen LogP contribution < -0.4 is 10.6 Å². The standard InChI is InChI=1S/C22H25ClN2O4S/c1-3-15-12(2)30-21(18(15)20(27)24-14-10-8-13(23)9-11-14)25-19(26)16-6-4-5-7-17(16)22(28)29/h8-11,16-17H,3-7H2,1-2H3,(H,24,27)(H,25,26)(H,28,29)/t16-,17+/m1/s1. The van der Waals surface area contributed by atoms with Crippen molar-refractivity contribution in [3.63, 3.8) is 0 Å². The van der Waals surface area contributed by atoms with Crippen LogP contribution >= 0.6 is 22.9 Å². The van der Waals surface area contributed by atoms with Crippen molar-refractivity contribution in [3.05, 3.63) is 45.3 Å². The maximum absolute atomic E-state index is 13.1. The number of hydrogen-bond donors (Lipinski definition) is 3. The average molecular weight is 449 g/mol. The van der Waals surface area contributed by atoms with Gasteiger partial charge in [0.25, 0.3) is 5.91 Å². The molecule has 1 aliphatic carbocycles. The SMILES string of the molecule is CCc1c(C)sc(NC(=O)[C@@H]2CCCC[C@@H]2C(=O)O)c1C(=O)Nc1ccc(Cl)cc1. The molecule has 0 bridgehead atoms. The Hall–Kier alpha value is -2.38. The minimum atomic E-state index is -0.938. The lowest BCUT2D eigenvalue weighted by atomic mass is 9.79. The van der Waals surface area contributed by atoms with Crippen LogP contribution in [0.15, 0.2) is 24.3 Å². The van der Waals surface area contributed by atoms with E-state index in [-0.39, 0.29) is 11.8 Å². The lowest BCUT2D eigenvalue weighted by Gasteiger charge is -2.27. The Morgan fingerprint density at radius 1 is 1.10 bits per heavy atom. The fourth-order valence-corrected chi connectivity index (χ4v) is 5.28. The van der Waals surface area contributed by atoms with Crippen LogP contribution in [0, 0.1) is 18.8 Å². The molecule has 1 saturated carbocycles. The quantitative estimate of drug-likeness (QED) is 0.554. The molecule has 0 saturated heterocycles. The van der Waals surface area contributed by atoms with E-state index in [9.17, 15) is 19.5 Å². The van der Waals surface area contributed by atoms with E-state index in [0.29, 0.717) is 40.5 Å². The molecule has 0 unspecified atom stereocenters.